The number of carbonyl (C=O) groups is 2. The average molecular weight is 511 g/mol. The number of ether oxygens (including phenoxy) is 1. The van der Waals surface area contributed by atoms with E-state index in [9.17, 15) is 19.0 Å². The summed E-state index contributed by atoms with van der Waals surface area (Å²) < 4.78 is 21.0. The van der Waals surface area contributed by atoms with Crippen molar-refractivity contribution < 1.29 is 28.3 Å². The van der Waals surface area contributed by atoms with Gasteiger partial charge in [0, 0.05) is 12.0 Å². The van der Waals surface area contributed by atoms with Gasteiger partial charge in [0.2, 0.25) is 3.79 Å². The SMILES string of the molecule is CCC(C)OP(=O)(O)C(CC(=O)c1cccc2ccccc12)NC(=O)OCC(Cl)(Cl)Cl. The number of nitrogens with one attached hydrogen (secondary N) is 1. The van der Waals surface area contributed by atoms with Crippen LogP contribution in [0.15, 0.2) is 42.5 Å². The molecule has 11 heteroatoms. The van der Waals surface area contributed by atoms with Crippen molar-refractivity contribution in [2.45, 2.75) is 42.4 Å². The number of hydrogen-bond acceptors (Lipinski definition) is 5. The van der Waals surface area contributed by atoms with Gasteiger partial charge in [-0.15, -0.1) is 0 Å². The molecule has 0 fully saturated rings. The Labute approximate surface area is 195 Å². The zero-order valence-electron chi connectivity index (χ0n) is 16.9. The maximum absolute atomic E-state index is 13.0. The zero-order valence-corrected chi connectivity index (χ0v) is 20.0. The summed E-state index contributed by atoms with van der Waals surface area (Å²) in [5.41, 5.74) is 0.350. The van der Waals surface area contributed by atoms with E-state index in [1.54, 1.807) is 38.1 Å². The number of hydrogen-bond donors (Lipinski definition) is 2. The summed E-state index contributed by atoms with van der Waals surface area (Å²) in [6, 6.07) is 12.4. The fraction of sp³-hybridized carbons (Fsp3) is 0.400. The molecule has 0 bridgehead atoms. The van der Waals surface area contributed by atoms with Gasteiger partial charge >= 0.3 is 13.7 Å². The Balaban J connectivity index is 2.27. The molecule has 0 aliphatic carbocycles. The molecule has 1 amide bonds. The Morgan fingerprint density at radius 3 is 2.45 bits per heavy atom. The van der Waals surface area contributed by atoms with Crippen molar-refractivity contribution in [1.82, 2.24) is 5.32 Å². The van der Waals surface area contributed by atoms with Gasteiger partial charge in [-0.1, -0.05) is 84.2 Å². The van der Waals surface area contributed by atoms with Gasteiger partial charge in [-0.2, -0.15) is 0 Å². The molecular weight excluding hydrogens is 488 g/mol. The number of halogens is 3. The van der Waals surface area contributed by atoms with Crippen LogP contribution in [0.3, 0.4) is 0 Å². The number of carbonyl (C=O) groups excluding carboxylic acids is 2. The minimum atomic E-state index is -4.46. The number of alkyl carbamates (subject to hydrolysis) is 1. The number of Topliss-reactive ketones (excluding diaryl/α,β-unsaturated/α-hetero) is 1. The summed E-state index contributed by atoms with van der Waals surface area (Å²) in [5, 5.41) is 3.73. The van der Waals surface area contributed by atoms with Crippen molar-refractivity contribution in [2.75, 3.05) is 6.61 Å². The Hall–Kier alpha value is -1.34. The predicted molar refractivity (Wildman–Crippen MR) is 122 cm³/mol. The minimum absolute atomic E-state index is 0.350. The molecule has 0 aliphatic rings. The fourth-order valence-electron chi connectivity index (χ4n) is 2.73. The maximum Gasteiger partial charge on any atom is 0.408 e. The Morgan fingerprint density at radius 2 is 1.81 bits per heavy atom. The van der Waals surface area contributed by atoms with Crippen molar-refractivity contribution in [3.63, 3.8) is 0 Å². The van der Waals surface area contributed by atoms with Crippen LogP contribution in [-0.4, -0.2) is 39.1 Å². The number of alkyl halides is 3. The molecule has 2 aromatic rings. The second kappa shape index (κ2) is 11.0. The monoisotopic (exact) mass is 509 g/mol. The lowest BCUT2D eigenvalue weighted by molar-refractivity contribution is 0.0964. The Kier molecular flexibility index (Phi) is 9.19. The van der Waals surface area contributed by atoms with Crippen molar-refractivity contribution in [1.29, 1.82) is 0 Å². The van der Waals surface area contributed by atoms with E-state index in [0.717, 1.165) is 5.39 Å². The third kappa shape index (κ3) is 7.94. The fourth-order valence-corrected chi connectivity index (χ4v) is 4.37. The van der Waals surface area contributed by atoms with Crippen molar-refractivity contribution >= 4 is 65.0 Å². The van der Waals surface area contributed by atoms with Crippen LogP contribution in [0, 0.1) is 0 Å². The molecule has 0 spiro atoms. The third-order valence-corrected chi connectivity index (χ3v) is 6.51. The van der Waals surface area contributed by atoms with E-state index in [2.05, 4.69) is 5.32 Å². The molecule has 0 saturated carbocycles. The number of ketones is 1. The summed E-state index contributed by atoms with van der Waals surface area (Å²) >= 11 is 16.7. The van der Waals surface area contributed by atoms with Crippen LogP contribution in [0.4, 0.5) is 4.79 Å². The average Bonchev–Trinajstić information content (AvgIpc) is 2.70. The number of amides is 1. The van der Waals surface area contributed by atoms with Crippen LogP contribution in [0.25, 0.3) is 10.8 Å². The zero-order chi connectivity index (χ0) is 23.2. The second-order valence-electron chi connectivity index (χ2n) is 6.89. The Bertz CT molecular complexity index is 976. The smallest absolute Gasteiger partial charge is 0.408 e. The van der Waals surface area contributed by atoms with Crippen LogP contribution in [0.1, 0.15) is 37.0 Å². The summed E-state index contributed by atoms with van der Waals surface area (Å²) in [7, 11) is -4.46. The molecular formula is C20H23Cl3NO6P. The quantitative estimate of drug-likeness (QED) is 0.250. The van der Waals surface area contributed by atoms with Gasteiger partial charge < -0.3 is 19.5 Å². The van der Waals surface area contributed by atoms with Gasteiger partial charge in [-0.25, -0.2) is 4.79 Å². The molecule has 0 saturated heterocycles. The van der Waals surface area contributed by atoms with Crippen molar-refractivity contribution in [2.24, 2.45) is 0 Å². The predicted octanol–water partition coefficient (Wildman–Crippen LogP) is 5.84. The molecule has 170 valence electrons. The standard InChI is InChI=1S/C20H23Cl3NO6P/c1-3-13(2)30-31(27,28)18(24-19(26)29-12-20(21,22)23)11-17(25)16-10-6-8-14-7-4-5-9-15(14)16/h4-10,13,18H,3,11-12H2,1-2H3,(H,24,26)(H,27,28). The molecule has 3 atom stereocenters. The lowest BCUT2D eigenvalue weighted by Gasteiger charge is -2.25. The van der Waals surface area contributed by atoms with Crippen LogP contribution in [0.2, 0.25) is 0 Å². The van der Waals surface area contributed by atoms with Gasteiger partial charge in [0.1, 0.15) is 12.4 Å². The molecule has 31 heavy (non-hydrogen) atoms. The van der Waals surface area contributed by atoms with E-state index < -0.39 is 48.2 Å². The maximum atomic E-state index is 13.0. The normalized spacial score (nSPS) is 15.7. The van der Waals surface area contributed by atoms with E-state index in [0.29, 0.717) is 17.4 Å². The molecule has 2 aromatic carbocycles. The molecule has 0 radical (unpaired) electrons. The van der Waals surface area contributed by atoms with Crippen LogP contribution >= 0.6 is 42.4 Å². The lowest BCUT2D eigenvalue weighted by atomic mass is 10.00. The molecule has 7 nitrogen and oxygen atoms in total. The first kappa shape index (κ1) is 25.9. The number of fused-ring (bicyclic) bond motifs is 1. The highest BCUT2D eigenvalue weighted by atomic mass is 35.6. The van der Waals surface area contributed by atoms with Crippen molar-refractivity contribution in [3.8, 4) is 0 Å². The lowest BCUT2D eigenvalue weighted by Crippen LogP contribution is -2.38. The van der Waals surface area contributed by atoms with Crippen molar-refractivity contribution in [3.05, 3.63) is 48.0 Å². The highest BCUT2D eigenvalue weighted by molar-refractivity contribution is 7.53. The van der Waals surface area contributed by atoms with Crippen LogP contribution < -0.4 is 5.32 Å². The van der Waals surface area contributed by atoms with Gasteiger partial charge in [-0.3, -0.25) is 9.36 Å². The molecule has 0 aliphatic heterocycles. The summed E-state index contributed by atoms with van der Waals surface area (Å²) in [4.78, 5) is 35.6. The minimum Gasteiger partial charge on any atom is -0.445 e. The van der Waals surface area contributed by atoms with E-state index in [1.165, 1.54) is 0 Å². The molecule has 0 aromatic heterocycles. The molecule has 0 heterocycles. The largest absolute Gasteiger partial charge is 0.445 e. The number of rotatable bonds is 9. The first-order chi connectivity index (χ1) is 14.4. The van der Waals surface area contributed by atoms with E-state index in [4.69, 9.17) is 44.1 Å². The van der Waals surface area contributed by atoms with E-state index in [1.807, 2.05) is 18.2 Å². The summed E-state index contributed by atoms with van der Waals surface area (Å²) in [5.74, 6) is -2.01. The van der Waals surface area contributed by atoms with Gasteiger partial charge in [0.15, 0.2) is 5.78 Å². The van der Waals surface area contributed by atoms with Gasteiger partial charge in [0.25, 0.3) is 0 Å². The third-order valence-electron chi connectivity index (χ3n) is 4.42. The Morgan fingerprint density at radius 1 is 1.16 bits per heavy atom. The summed E-state index contributed by atoms with van der Waals surface area (Å²) in [6.45, 7) is 2.78. The molecule has 2 N–H and O–H groups in total. The van der Waals surface area contributed by atoms with E-state index in [-0.39, 0.29) is 0 Å². The molecule has 3 unspecified atom stereocenters. The highest BCUT2D eigenvalue weighted by Crippen LogP contribution is 2.49. The number of benzene rings is 2. The van der Waals surface area contributed by atoms with Gasteiger partial charge in [0.05, 0.1) is 6.10 Å². The first-order valence-electron chi connectivity index (χ1n) is 9.45. The van der Waals surface area contributed by atoms with Crippen LogP contribution in [0.5, 0.6) is 0 Å². The van der Waals surface area contributed by atoms with E-state index >= 15 is 0 Å². The van der Waals surface area contributed by atoms with Gasteiger partial charge in [-0.05, 0) is 24.1 Å². The second-order valence-corrected chi connectivity index (χ2v) is 11.4. The van der Waals surface area contributed by atoms with Crippen LogP contribution in [-0.2, 0) is 13.8 Å². The topological polar surface area (TPSA) is 102 Å². The molecule has 2 rings (SSSR count). The first-order valence-corrected chi connectivity index (χ1v) is 12.2. The summed E-state index contributed by atoms with van der Waals surface area (Å²) in [6.07, 6.45) is -1.75. The highest BCUT2D eigenvalue weighted by Gasteiger charge is 2.38.